The van der Waals surface area contributed by atoms with Gasteiger partial charge in [0.15, 0.2) is 0 Å². The van der Waals surface area contributed by atoms with Crippen LogP contribution in [-0.2, 0) is 13.1 Å². The molecule has 0 saturated carbocycles. The quantitative estimate of drug-likeness (QED) is 0.790. The lowest BCUT2D eigenvalue weighted by molar-refractivity contribution is 0.0766. The van der Waals surface area contributed by atoms with Gasteiger partial charge in [0.25, 0.3) is 5.91 Å². The Labute approximate surface area is 131 Å². The van der Waals surface area contributed by atoms with E-state index >= 15 is 0 Å². The van der Waals surface area contributed by atoms with Gasteiger partial charge in [-0.1, -0.05) is 28.1 Å². The maximum absolute atomic E-state index is 13.3. The summed E-state index contributed by atoms with van der Waals surface area (Å²) in [4.78, 5) is 14.3. The predicted octanol–water partition coefficient (Wildman–Crippen LogP) is 4.36. The molecule has 0 saturated heterocycles. The maximum atomic E-state index is 13.3. The molecule has 0 atom stereocenters. The van der Waals surface area contributed by atoms with Crippen LogP contribution >= 0.6 is 15.9 Å². The highest BCUT2D eigenvalue weighted by molar-refractivity contribution is 9.10. The van der Waals surface area contributed by atoms with Gasteiger partial charge in [0, 0.05) is 23.1 Å². The fraction of sp³-hybridized carbons (Fsp3) is 0.235. The largest absolute Gasteiger partial charge is 0.330 e. The summed E-state index contributed by atoms with van der Waals surface area (Å²) in [6.07, 6.45) is 0. The maximum Gasteiger partial charge on any atom is 0.255 e. The highest BCUT2D eigenvalue weighted by Gasteiger charge is 2.29. The average molecular weight is 348 g/mol. The molecule has 2 aromatic carbocycles. The molecule has 21 heavy (non-hydrogen) atoms. The molecular weight excluding hydrogens is 333 g/mol. The predicted molar refractivity (Wildman–Crippen MR) is 83.6 cm³/mol. The second-order valence-corrected chi connectivity index (χ2v) is 6.42. The second-order valence-electron chi connectivity index (χ2n) is 5.50. The Kier molecular flexibility index (Phi) is 3.57. The number of carbonyl (C=O) groups is 1. The first-order valence-electron chi connectivity index (χ1n) is 6.79. The van der Waals surface area contributed by atoms with Crippen molar-refractivity contribution in [1.29, 1.82) is 0 Å². The number of aryl methyl sites for hydroxylation is 2. The summed E-state index contributed by atoms with van der Waals surface area (Å²) in [6, 6.07) is 8.95. The summed E-state index contributed by atoms with van der Waals surface area (Å²) in [6.45, 7) is 4.80. The Morgan fingerprint density at radius 2 is 1.95 bits per heavy atom. The highest BCUT2D eigenvalue weighted by Crippen LogP contribution is 2.30. The Morgan fingerprint density at radius 3 is 2.67 bits per heavy atom. The molecule has 1 aliphatic heterocycles. The Bertz CT molecular complexity index is 742. The second kappa shape index (κ2) is 5.26. The van der Waals surface area contributed by atoms with Crippen LogP contribution in [0.1, 0.15) is 32.6 Å². The first kappa shape index (κ1) is 14.3. The smallest absolute Gasteiger partial charge is 0.255 e. The normalized spacial score (nSPS) is 13.7. The van der Waals surface area contributed by atoms with Gasteiger partial charge < -0.3 is 4.90 Å². The summed E-state index contributed by atoms with van der Waals surface area (Å²) in [5.41, 5.74) is 4.40. The lowest BCUT2D eigenvalue weighted by Gasteiger charge is -2.16. The molecule has 2 aromatic rings. The van der Waals surface area contributed by atoms with E-state index in [-0.39, 0.29) is 11.7 Å². The number of amides is 1. The lowest BCUT2D eigenvalue weighted by Crippen LogP contribution is -2.23. The molecular formula is C17H15BrFNO. The molecule has 2 nitrogen and oxygen atoms in total. The van der Waals surface area contributed by atoms with Gasteiger partial charge in [-0.25, -0.2) is 4.39 Å². The molecule has 1 aliphatic rings. The van der Waals surface area contributed by atoms with Gasteiger partial charge in [0.2, 0.25) is 0 Å². The van der Waals surface area contributed by atoms with E-state index in [0.29, 0.717) is 18.7 Å². The molecule has 0 unspecified atom stereocenters. The van der Waals surface area contributed by atoms with Crippen LogP contribution in [-0.4, -0.2) is 10.8 Å². The zero-order valence-corrected chi connectivity index (χ0v) is 13.5. The van der Waals surface area contributed by atoms with Crippen molar-refractivity contribution in [3.05, 3.63) is 68.4 Å². The Balaban J connectivity index is 1.88. The van der Waals surface area contributed by atoms with Crippen LogP contribution in [0.15, 0.2) is 34.8 Å². The van der Waals surface area contributed by atoms with E-state index in [1.807, 2.05) is 19.1 Å². The number of benzene rings is 2. The molecule has 1 heterocycles. The van der Waals surface area contributed by atoms with Gasteiger partial charge in [-0.15, -0.1) is 0 Å². The van der Waals surface area contributed by atoms with Crippen molar-refractivity contribution in [3.63, 3.8) is 0 Å². The molecule has 4 heteroatoms. The van der Waals surface area contributed by atoms with E-state index in [0.717, 1.165) is 26.7 Å². The van der Waals surface area contributed by atoms with Crippen LogP contribution in [0.4, 0.5) is 4.39 Å². The zero-order valence-electron chi connectivity index (χ0n) is 11.9. The fourth-order valence-corrected chi connectivity index (χ4v) is 3.45. The van der Waals surface area contributed by atoms with Crippen molar-refractivity contribution in [3.8, 4) is 0 Å². The fourth-order valence-electron chi connectivity index (χ4n) is 2.83. The summed E-state index contributed by atoms with van der Waals surface area (Å²) in [7, 11) is 0. The topological polar surface area (TPSA) is 20.3 Å². The van der Waals surface area contributed by atoms with Crippen LogP contribution in [0.3, 0.4) is 0 Å². The number of fused-ring (bicyclic) bond motifs is 1. The Morgan fingerprint density at radius 1 is 1.19 bits per heavy atom. The number of nitrogens with zero attached hydrogens (tertiary/aromatic N) is 1. The van der Waals surface area contributed by atoms with Crippen LogP contribution in [0.5, 0.6) is 0 Å². The van der Waals surface area contributed by atoms with E-state index in [1.54, 1.807) is 24.0 Å². The molecule has 1 amide bonds. The zero-order chi connectivity index (χ0) is 15.1. The summed E-state index contributed by atoms with van der Waals surface area (Å²) >= 11 is 3.47. The molecule has 0 aromatic heterocycles. The molecule has 3 rings (SSSR count). The number of halogens is 2. The minimum Gasteiger partial charge on any atom is -0.330 e. The van der Waals surface area contributed by atoms with Gasteiger partial charge in [0.05, 0.1) is 0 Å². The number of rotatable bonds is 2. The van der Waals surface area contributed by atoms with Gasteiger partial charge >= 0.3 is 0 Å². The third kappa shape index (κ3) is 2.60. The minimum absolute atomic E-state index is 0.0528. The number of hydrogen-bond donors (Lipinski definition) is 0. The van der Waals surface area contributed by atoms with E-state index in [2.05, 4.69) is 15.9 Å². The van der Waals surface area contributed by atoms with Gasteiger partial charge in [-0.05, 0) is 54.3 Å². The molecule has 0 bridgehead atoms. The first-order chi connectivity index (χ1) is 9.95. The first-order valence-corrected chi connectivity index (χ1v) is 7.58. The van der Waals surface area contributed by atoms with E-state index in [1.165, 1.54) is 6.07 Å². The molecule has 0 spiro atoms. The van der Waals surface area contributed by atoms with E-state index in [9.17, 15) is 9.18 Å². The Hall–Kier alpha value is -1.68. The molecule has 0 aliphatic carbocycles. The highest BCUT2D eigenvalue weighted by atomic mass is 79.9. The van der Waals surface area contributed by atoms with Crippen LogP contribution in [0.2, 0.25) is 0 Å². The van der Waals surface area contributed by atoms with Crippen molar-refractivity contribution < 1.29 is 9.18 Å². The van der Waals surface area contributed by atoms with Crippen molar-refractivity contribution >= 4 is 21.8 Å². The van der Waals surface area contributed by atoms with Crippen molar-refractivity contribution in [1.82, 2.24) is 4.90 Å². The van der Waals surface area contributed by atoms with Crippen molar-refractivity contribution in [2.45, 2.75) is 26.9 Å². The number of carbonyl (C=O) groups excluding carboxylic acids is 1. The molecule has 108 valence electrons. The van der Waals surface area contributed by atoms with Crippen LogP contribution in [0.25, 0.3) is 0 Å². The van der Waals surface area contributed by atoms with Crippen LogP contribution < -0.4 is 0 Å². The molecule has 0 N–H and O–H groups in total. The number of hydrogen-bond acceptors (Lipinski definition) is 1. The molecule has 0 fully saturated rings. The summed E-state index contributed by atoms with van der Waals surface area (Å²) in [5.74, 6) is -0.161. The van der Waals surface area contributed by atoms with E-state index in [4.69, 9.17) is 0 Å². The summed E-state index contributed by atoms with van der Waals surface area (Å²) in [5, 5.41) is 0. The van der Waals surface area contributed by atoms with E-state index < -0.39 is 0 Å². The van der Waals surface area contributed by atoms with Crippen molar-refractivity contribution in [2.75, 3.05) is 0 Å². The standard InChI is InChI=1S/C17H15BrFNO/c1-10-5-12(3-4-15(10)19)8-20-9-13-7-14(18)6-11(2)16(13)17(20)21/h3-7H,8-9H2,1-2H3. The third-order valence-electron chi connectivity index (χ3n) is 3.84. The minimum atomic E-state index is -0.213. The average Bonchev–Trinajstić information content (AvgIpc) is 2.70. The van der Waals surface area contributed by atoms with Gasteiger partial charge in [0.1, 0.15) is 5.82 Å². The molecule has 0 radical (unpaired) electrons. The SMILES string of the molecule is Cc1cc(CN2Cc3cc(Br)cc(C)c3C2=O)ccc1F. The van der Waals surface area contributed by atoms with Crippen LogP contribution in [0, 0.1) is 19.7 Å². The third-order valence-corrected chi connectivity index (χ3v) is 4.30. The van der Waals surface area contributed by atoms with Gasteiger partial charge in [-0.3, -0.25) is 4.79 Å². The monoisotopic (exact) mass is 347 g/mol. The lowest BCUT2D eigenvalue weighted by atomic mass is 10.0. The van der Waals surface area contributed by atoms with Gasteiger partial charge in [-0.2, -0.15) is 0 Å². The van der Waals surface area contributed by atoms with Crippen molar-refractivity contribution in [2.24, 2.45) is 0 Å². The summed E-state index contributed by atoms with van der Waals surface area (Å²) < 4.78 is 14.3.